The monoisotopic (exact) mass is 253 g/mol. The molecule has 0 spiro atoms. The summed E-state index contributed by atoms with van der Waals surface area (Å²) in [5.74, 6) is 0.861. The molecule has 4 nitrogen and oxygen atoms in total. The van der Waals surface area contributed by atoms with Gasteiger partial charge in [-0.05, 0) is 26.1 Å². The minimum atomic E-state index is 0.0440. The zero-order valence-corrected chi connectivity index (χ0v) is 11.3. The molecule has 1 unspecified atom stereocenters. The Labute approximate surface area is 113 Å². The van der Waals surface area contributed by atoms with Crippen molar-refractivity contribution < 1.29 is 0 Å². The maximum atomic E-state index is 12.5. The van der Waals surface area contributed by atoms with Crippen LogP contribution in [0.5, 0.6) is 0 Å². The van der Waals surface area contributed by atoms with Crippen molar-refractivity contribution in [2.75, 3.05) is 13.6 Å². The van der Waals surface area contributed by atoms with Crippen LogP contribution in [0.2, 0.25) is 0 Å². The molecule has 0 amide bonds. The van der Waals surface area contributed by atoms with Gasteiger partial charge >= 0.3 is 0 Å². The molecule has 1 aromatic carbocycles. The van der Waals surface area contributed by atoms with Gasteiger partial charge < -0.3 is 4.90 Å². The minimum absolute atomic E-state index is 0.0440. The van der Waals surface area contributed by atoms with E-state index in [9.17, 15) is 4.79 Å². The third kappa shape index (κ3) is 2.08. The highest BCUT2D eigenvalue weighted by Crippen LogP contribution is 2.13. The molecule has 0 bridgehead atoms. The first-order valence-electron chi connectivity index (χ1n) is 6.55. The number of aromatic nitrogens is 2. The molecule has 1 atom stereocenters. The number of hydrogen-bond acceptors (Lipinski definition) is 3. The van der Waals surface area contributed by atoms with Crippen LogP contribution in [-0.2, 0) is 13.0 Å². The largest absolute Gasteiger partial charge is 0.301 e. The summed E-state index contributed by atoms with van der Waals surface area (Å²) in [7, 11) is 7.86. The topological polar surface area (TPSA) is 38.1 Å². The van der Waals surface area contributed by atoms with Crippen LogP contribution in [0.25, 0.3) is 10.9 Å². The average Bonchev–Trinajstić information content (AvgIpc) is 2.50. The van der Waals surface area contributed by atoms with Gasteiger partial charge in [0.1, 0.15) is 13.7 Å². The Morgan fingerprint density at radius 2 is 2.16 bits per heavy atom. The highest BCUT2D eigenvalue weighted by atomic mass is 16.1. The lowest BCUT2D eigenvalue weighted by Crippen LogP contribution is -2.30. The summed E-state index contributed by atoms with van der Waals surface area (Å²) in [6, 6.07) is 5.69. The summed E-state index contributed by atoms with van der Waals surface area (Å²) < 4.78 is 1.80. The Kier molecular flexibility index (Phi) is 2.94. The van der Waals surface area contributed by atoms with Gasteiger partial charge in [0.05, 0.1) is 10.9 Å². The number of likely N-dealkylation sites (N-methyl/N-ethyl adjacent to an activating group) is 1. The number of benzene rings is 1. The smallest absolute Gasteiger partial charge is 0.261 e. The average molecular weight is 253 g/mol. The van der Waals surface area contributed by atoms with Gasteiger partial charge in [0.25, 0.3) is 5.56 Å². The van der Waals surface area contributed by atoms with Crippen LogP contribution in [0.1, 0.15) is 12.7 Å². The third-order valence-electron chi connectivity index (χ3n) is 3.97. The second kappa shape index (κ2) is 4.49. The summed E-state index contributed by atoms with van der Waals surface area (Å²) in [5.41, 5.74) is 1.39. The number of hydrogen-bond donors (Lipinski definition) is 0. The molecule has 19 heavy (non-hydrogen) atoms. The maximum Gasteiger partial charge on any atom is 0.261 e. The van der Waals surface area contributed by atoms with Crippen molar-refractivity contribution in [2.24, 2.45) is 0 Å². The van der Waals surface area contributed by atoms with Crippen LogP contribution in [0.3, 0.4) is 0 Å². The molecule has 0 saturated carbocycles. The van der Waals surface area contributed by atoms with E-state index in [0.29, 0.717) is 29.0 Å². The van der Waals surface area contributed by atoms with Crippen LogP contribution in [0.4, 0.5) is 0 Å². The second-order valence-corrected chi connectivity index (χ2v) is 5.30. The second-order valence-electron chi connectivity index (χ2n) is 5.30. The van der Waals surface area contributed by atoms with Crippen molar-refractivity contribution in [3.05, 3.63) is 34.4 Å². The van der Waals surface area contributed by atoms with Crippen LogP contribution < -0.4 is 11.0 Å². The van der Waals surface area contributed by atoms with E-state index in [-0.39, 0.29) is 5.56 Å². The molecule has 96 valence electrons. The number of rotatable bonds is 0. The number of nitrogens with zero attached hydrogens (tertiary/aromatic N) is 3. The SMILES string of the molecule is [B]c1ccc2c(=O)n3c(nc2c1)CC(C)N(C)CC3. The van der Waals surface area contributed by atoms with Crippen LogP contribution in [0, 0.1) is 0 Å². The quantitative estimate of drug-likeness (QED) is 0.623. The summed E-state index contributed by atoms with van der Waals surface area (Å²) in [6.45, 7) is 3.73. The van der Waals surface area contributed by atoms with E-state index < -0.39 is 0 Å². The van der Waals surface area contributed by atoms with E-state index in [2.05, 4.69) is 23.9 Å². The highest BCUT2D eigenvalue weighted by Gasteiger charge is 2.20. The summed E-state index contributed by atoms with van der Waals surface area (Å²) in [6.07, 6.45) is 0.788. The zero-order valence-electron chi connectivity index (χ0n) is 11.3. The van der Waals surface area contributed by atoms with E-state index in [4.69, 9.17) is 7.85 Å². The Balaban J connectivity index is 2.25. The van der Waals surface area contributed by atoms with Crippen molar-refractivity contribution >= 4 is 24.2 Å². The summed E-state index contributed by atoms with van der Waals surface area (Å²) >= 11 is 0. The summed E-state index contributed by atoms with van der Waals surface area (Å²) in [4.78, 5) is 19.4. The first kappa shape index (κ1) is 12.4. The molecule has 0 N–H and O–H groups in total. The van der Waals surface area contributed by atoms with Crippen molar-refractivity contribution in [1.29, 1.82) is 0 Å². The Morgan fingerprint density at radius 1 is 1.37 bits per heavy atom. The molecule has 1 aromatic heterocycles. The predicted molar refractivity (Wildman–Crippen MR) is 77.2 cm³/mol. The van der Waals surface area contributed by atoms with Crippen molar-refractivity contribution in [3.8, 4) is 0 Å². The molecule has 2 aromatic rings. The fourth-order valence-corrected chi connectivity index (χ4v) is 2.57. The molecule has 0 saturated heterocycles. The molecule has 0 fully saturated rings. The van der Waals surface area contributed by atoms with E-state index in [1.165, 1.54) is 0 Å². The third-order valence-corrected chi connectivity index (χ3v) is 3.97. The zero-order chi connectivity index (χ0) is 13.6. The fourth-order valence-electron chi connectivity index (χ4n) is 2.57. The van der Waals surface area contributed by atoms with Gasteiger partial charge in [-0.2, -0.15) is 0 Å². The molecule has 1 aliphatic rings. The van der Waals surface area contributed by atoms with Gasteiger partial charge in [0, 0.05) is 25.6 Å². The Morgan fingerprint density at radius 3 is 2.95 bits per heavy atom. The van der Waals surface area contributed by atoms with Crippen molar-refractivity contribution in [3.63, 3.8) is 0 Å². The Bertz CT molecular complexity index is 695. The van der Waals surface area contributed by atoms with Crippen molar-refractivity contribution in [1.82, 2.24) is 14.5 Å². The maximum absolute atomic E-state index is 12.5. The molecular weight excluding hydrogens is 237 g/mol. The molecular formula is C14H16BN3O. The van der Waals surface area contributed by atoms with Gasteiger partial charge in [-0.1, -0.05) is 11.5 Å². The molecule has 1 aliphatic heterocycles. The van der Waals surface area contributed by atoms with Gasteiger partial charge in [-0.3, -0.25) is 9.36 Å². The van der Waals surface area contributed by atoms with Gasteiger partial charge in [-0.15, -0.1) is 0 Å². The molecule has 5 heteroatoms. The summed E-state index contributed by atoms with van der Waals surface area (Å²) in [5, 5.41) is 0.648. The van der Waals surface area contributed by atoms with Crippen LogP contribution in [0.15, 0.2) is 23.0 Å². The first-order chi connectivity index (χ1) is 9.06. The van der Waals surface area contributed by atoms with E-state index in [1.54, 1.807) is 22.8 Å². The lowest BCUT2D eigenvalue weighted by Gasteiger charge is -2.20. The lowest BCUT2D eigenvalue weighted by atomic mass is 9.95. The molecule has 2 radical (unpaired) electrons. The molecule has 2 heterocycles. The predicted octanol–water partition coefficient (Wildman–Crippen LogP) is 0.0667. The Hall–Kier alpha value is -1.62. The van der Waals surface area contributed by atoms with Gasteiger partial charge in [-0.25, -0.2) is 4.98 Å². The first-order valence-corrected chi connectivity index (χ1v) is 6.55. The van der Waals surface area contributed by atoms with E-state index >= 15 is 0 Å². The fraction of sp³-hybridized carbons (Fsp3) is 0.429. The van der Waals surface area contributed by atoms with E-state index in [0.717, 1.165) is 18.8 Å². The van der Waals surface area contributed by atoms with Crippen LogP contribution in [-0.4, -0.2) is 41.9 Å². The molecule has 0 aliphatic carbocycles. The minimum Gasteiger partial charge on any atom is -0.301 e. The lowest BCUT2D eigenvalue weighted by molar-refractivity contribution is 0.262. The van der Waals surface area contributed by atoms with E-state index in [1.807, 2.05) is 0 Å². The standard InChI is InChI=1S/C14H16BN3O/c1-9-7-13-16-12-8-10(15)3-4-11(12)14(19)18(13)6-5-17(9)2/h3-4,8-9H,5-7H2,1-2H3. The van der Waals surface area contributed by atoms with Crippen LogP contribution >= 0.6 is 0 Å². The van der Waals surface area contributed by atoms with Gasteiger partial charge in [0.15, 0.2) is 0 Å². The number of fused-ring (bicyclic) bond motifs is 2. The van der Waals surface area contributed by atoms with Crippen molar-refractivity contribution in [2.45, 2.75) is 25.9 Å². The van der Waals surface area contributed by atoms with Gasteiger partial charge in [0.2, 0.25) is 0 Å². The normalized spacial score (nSPS) is 20.2. The molecule has 3 rings (SSSR count). The highest BCUT2D eigenvalue weighted by molar-refractivity contribution is 6.33.